The number of imide groups is 1. The Labute approximate surface area is 274 Å². The molecule has 1 heterocycles. The molecule has 0 radical (unpaired) electrons. The predicted octanol–water partition coefficient (Wildman–Crippen LogP) is 8.18. The molecule has 0 saturated carbocycles. The fraction of sp³-hybridized carbons (Fsp3) is 0.179. The number of ether oxygens (including phenoxy) is 2. The zero-order chi connectivity index (χ0) is 31.7. The quantitative estimate of drug-likeness (QED) is 0.137. The van der Waals surface area contributed by atoms with E-state index in [1.807, 2.05) is 72.8 Å². The summed E-state index contributed by atoms with van der Waals surface area (Å²) >= 11 is 1.06. The minimum absolute atomic E-state index is 0.0815. The van der Waals surface area contributed by atoms with Crippen LogP contribution in [0.15, 0.2) is 133 Å². The Kier molecular flexibility index (Phi) is 10.1. The van der Waals surface area contributed by atoms with E-state index in [9.17, 15) is 9.59 Å². The van der Waals surface area contributed by atoms with E-state index >= 15 is 0 Å². The molecular formula is C39H36N2O4S. The van der Waals surface area contributed by atoms with Crippen LogP contribution in [0.2, 0.25) is 0 Å². The highest BCUT2D eigenvalue weighted by atomic mass is 32.2. The third-order valence-corrected chi connectivity index (χ3v) is 8.90. The van der Waals surface area contributed by atoms with Crippen LogP contribution in [0.5, 0.6) is 11.5 Å². The smallest absolute Gasteiger partial charge is 0.286 e. The SMILES string of the molecule is CC(NC(c1ccccc1)c1cccc(CC2SC(=O)NC2=O)c1)c1cc(OCc2ccccc2)cc(OCc2ccccc2)c1. The summed E-state index contributed by atoms with van der Waals surface area (Å²) in [5.74, 6) is 1.24. The molecule has 3 atom stereocenters. The Morgan fingerprint density at radius 2 is 1.20 bits per heavy atom. The number of hydrogen-bond donors (Lipinski definition) is 2. The van der Waals surface area contributed by atoms with Gasteiger partial charge in [-0.15, -0.1) is 0 Å². The van der Waals surface area contributed by atoms with Crippen molar-refractivity contribution in [3.8, 4) is 11.5 Å². The summed E-state index contributed by atoms with van der Waals surface area (Å²) in [6, 6.07) is 44.7. The molecule has 1 fully saturated rings. The van der Waals surface area contributed by atoms with Crippen LogP contribution in [0.4, 0.5) is 4.79 Å². The number of benzene rings is 5. The van der Waals surface area contributed by atoms with Crippen molar-refractivity contribution in [2.24, 2.45) is 0 Å². The van der Waals surface area contributed by atoms with Gasteiger partial charge in [-0.25, -0.2) is 0 Å². The molecule has 0 spiro atoms. The van der Waals surface area contributed by atoms with Gasteiger partial charge in [0.15, 0.2) is 0 Å². The molecule has 46 heavy (non-hydrogen) atoms. The normalized spacial score (nSPS) is 15.6. The molecule has 1 saturated heterocycles. The summed E-state index contributed by atoms with van der Waals surface area (Å²) in [6.45, 7) is 3.04. The minimum Gasteiger partial charge on any atom is -0.489 e. The van der Waals surface area contributed by atoms with Crippen LogP contribution >= 0.6 is 11.8 Å². The van der Waals surface area contributed by atoms with Gasteiger partial charge in [-0.05, 0) is 58.9 Å². The van der Waals surface area contributed by atoms with Crippen molar-refractivity contribution in [3.63, 3.8) is 0 Å². The van der Waals surface area contributed by atoms with E-state index in [0.717, 1.165) is 56.6 Å². The molecule has 6 rings (SSSR count). The summed E-state index contributed by atoms with van der Waals surface area (Å²) in [7, 11) is 0. The molecule has 5 aromatic rings. The summed E-state index contributed by atoms with van der Waals surface area (Å²) in [5.41, 5.74) is 6.40. The van der Waals surface area contributed by atoms with Crippen molar-refractivity contribution >= 4 is 22.9 Å². The van der Waals surface area contributed by atoms with Gasteiger partial charge in [0.05, 0.1) is 11.3 Å². The molecule has 1 aliphatic rings. The largest absolute Gasteiger partial charge is 0.489 e. The Morgan fingerprint density at radius 1 is 0.652 bits per heavy atom. The zero-order valence-electron chi connectivity index (χ0n) is 25.6. The first kappa shape index (κ1) is 31.1. The monoisotopic (exact) mass is 628 g/mol. The summed E-state index contributed by atoms with van der Waals surface area (Å²) in [4.78, 5) is 24.0. The van der Waals surface area contributed by atoms with Gasteiger partial charge in [-0.2, -0.15) is 0 Å². The van der Waals surface area contributed by atoms with E-state index in [2.05, 4.69) is 78.2 Å². The number of thioether (sulfide) groups is 1. The van der Waals surface area contributed by atoms with Gasteiger partial charge < -0.3 is 9.47 Å². The van der Waals surface area contributed by atoms with Crippen molar-refractivity contribution in [1.82, 2.24) is 10.6 Å². The van der Waals surface area contributed by atoms with E-state index in [-0.39, 0.29) is 23.2 Å². The standard InChI is InChI=1S/C39H36N2O4S/c1-27(33-22-34(44-25-28-12-5-2-6-13-28)24-35(23-33)45-26-29-14-7-3-8-15-29)40-37(31-17-9-4-10-18-31)32-19-11-16-30(20-32)21-36-38(42)41-39(43)46-36/h2-20,22-24,27,36-37,40H,21,25-26H2,1H3,(H,41,42,43). The number of amides is 2. The van der Waals surface area contributed by atoms with E-state index in [1.165, 1.54) is 0 Å². The van der Waals surface area contributed by atoms with Crippen LogP contribution < -0.4 is 20.1 Å². The first-order chi connectivity index (χ1) is 22.5. The lowest BCUT2D eigenvalue weighted by atomic mass is 9.94. The molecule has 7 heteroatoms. The van der Waals surface area contributed by atoms with E-state index in [1.54, 1.807) is 0 Å². The van der Waals surface area contributed by atoms with Crippen LogP contribution in [0.25, 0.3) is 0 Å². The lowest BCUT2D eigenvalue weighted by Gasteiger charge is -2.26. The molecule has 1 aliphatic heterocycles. The maximum atomic E-state index is 12.3. The van der Waals surface area contributed by atoms with Gasteiger partial charge in [0.25, 0.3) is 5.24 Å². The summed E-state index contributed by atoms with van der Waals surface area (Å²) < 4.78 is 12.6. The lowest BCUT2D eigenvalue weighted by Crippen LogP contribution is -2.26. The van der Waals surface area contributed by atoms with Crippen molar-refractivity contribution in [1.29, 1.82) is 0 Å². The van der Waals surface area contributed by atoms with Crippen molar-refractivity contribution < 1.29 is 19.1 Å². The van der Waals surface area contributed by atoms with Crippen LogP contribution in [-0.4, -0.2) is 16.4 Å². The molecule has 0 aliphatic carbocycles. The number of hydrogen-bond acceptors (Lipinski definition) is 6. The van der Waals surface area contributed by atoms with Gasteiger partial charge in [0.1, 0.15) is 24.7 Å². The van der Waals surface area contributed by atoms with Gasteiger partial charge in [0.2, 0.25) is 5.91 Å². The highest BCUT2D eigenvalue weighted by Gasteiger charge is 2.31. The highest BCUT2D eigenvalue weighted by molar-refractivity contribution is 8.15. The summed E-state index contributed by atoms with van der Waals surface area (Å²) in [5, 5.41) is 5.54. The molecule has 0 aromatic heterocycles. The highest BCUT2D eigenvalue weighted by Crippen LogP contribution is 2.32. The minimum atomic E-state index is -0.419. The van der Waals surface area contributed by atoms with Gasteiger partial charge in [0, 0.05) is 12.1 Å². The fourth-order valence-electron chi connectivity index (χ4n) is 5.51. The van der Waals surface area contributed by atoms with Gasteiger partial charge in [-0.1, -0.05) is 127 Å². The third-order valence-electron chi connectivity index (χ3n) is 7.92. The average Bonchev–Trinajstić information content (AvgIpc) is 3.42. The molecule has 6 nitrogen and oxygen atoms in total. The molecular weight excluding hydrogens is 593 g/mol. The first-order valence-corrected chi connectivity index (χ1v) is 16.3. The van der Waals surface area contributed by atoms with Crippen molar-refractivity contribution in [3.05, 3.63) is 167 Å². The maximum Gasteiger partial charge on any atom is 0.286 e. The maximum absolute atomic E-state index is 12.3. The van der Waals surface area contributed by atoms with Crippen molar-refractivity contribution in [2.75, 3.05) is 0 Å². The number of carbonyl (C=O) groups excluding carboxylic acids is 2. The second-order valence-electron chi connectivity index (χ2n) is 11.4. The fourth-order valence-corrected chi connectivity index (χ4v) is 6.37. The lowest BCUT2D eigenvalue weighted by molar-refractivity contribution is -0.118. The molecule has 2 N–H and O–H groups in total. The third kappa shape index (κ3) is 8.24. The van der Waals surface area contributed by atoms with Gasteiger partial charge in [-0.3, -0.25) is 20.2 Å². The molecule has 0 bridgehead atoms. The second kappa shape index (κ2) is 15.0. The average molecular weight is 629 g/mol. The van der Waals surface area contributed by atoms with Crippen LogP contribution in [0.3, 0.4) is 0 Å². The van der Waals surface area contributed by atoms with Crippen LogP contribution in [0.1, 0.15) is 52.4 Å². The predicted molar refractivity (Wildman–Crippen MR) is 183 cm³/mol. The topological polar surface area (TPSA) is 76.7 Å². The molecule has 5 aromatic carbocycles. The Bertz CT molecular complexity index is 1700. The number of nitrogens with one attached hydrogen (secondary N) is 2. The first-order valence-electron chi connectivity index (χ1n) is 15.4. The van der Waals surface area contributed by atoms with E-state index in [0.29, 0.717) is 19.6 Å². The number of rotatable bonds is 13. The van der Waals surface area contributed by atoms with Crippen LogP contribution in [0, 0.1) is 0 Å². The Hall–Kier alpha value is -4.85. The molecule has 2 amide bonds. The van der Waals surface area contributed by atoms with Crippen LogP contribution in [-0.2, 0) is 24.4 Å². The number of carbonyl (C=O) groups is 2. The Morgan fingerprint density at radius 3 is 1.76 bits per heavy atom. The molecule has 3 unspecified atom stereocenters. The summed E-state index contributed by atoms with van der Waals surface area (Å²) in [6.07, 6.45) is 0.482. The van der Waals surface area contributed by atoms with E-state index in [4.69, 9.17) is 9.47 Å². The molecule has 232 valence electrons. The second-order valence-corrected chi connectivity index (χ2v) is 12.5. The van der Waals surface area contributed by atoms with Crippen molar-refractivity contribution in [2.45, 2.75) is 43.9 Å². The zero-order valence-corrected chi connectivity index (χ0v) is 26.4. The Balaban J connectivity index is 1.26. The van der Waals surface area contributed by atoms with Gasteiger partial charge >= 0.3 is 0 Å². The van der Waals surface area contributed by atoms with E-state index < -0.39 is 5.25 Å².